The second-order valence-electron chi connectivity index (χ2n) is 0. The van der Waals surface area contributed by atoms with Gasteiger partial charge in [0.2, 0.25) is 0 Å². The van der Waals surface area contributed by atoms with E-state index in [4.69, 9.17) is 0 Å². The Morgan fingerprint density at radius 3 is 0.750 bits per heavy atom. The van der Waals surface area contributed by atoms with Gasteiger partial charge >= 0.3 is 29.6 Å². The second kappa shape index (κ2) is 24.4. The molecule has 0 fully saturated rings. The molecule has 0 aliphatic carbocycles. The van der Waals surface area contributed by atoms with Crippen molar-refractivity contribution in [2.45, 2.75) is 0 Å². The third kappa shape index (κ3) is 9.71. The fourth-order valence-corrected chi connectivity index (χ4v) is 0. The van der Waals surface area contributed by atoms with Crippen LogP contribution < -0.4 is 29.6 Å². The summed E-state index contributed by atoms with van der Waals surface area (Å²) in [5.41, 5.74) is 0. The van der Waals surface area contributed by atoms with Crippen molar-refractivity contribution >= 4 is 0 Å². The molecule has 0 bridgehead atoms. The zero-order valence-corrected chi connectivity index (χ0v) is 5.66. The molecule has 1 radical (unpaired) electrons. The summed E-state index contributed by atoms with van der Waals surface area (Å²) in [5, 5.41) is 0. The summed E-state index contributed by atoms with van der Waals surface area (Å²) in [7, 11) is 0. The van der Waals surface area contributed by atoms with Crippen LogP contribution in [0.4, 0.5) is 0 Å². The first-order chi connectivity index (χ1) is 0. The molecule has 0 rings (SSSR count). The van der Waals surface area contributed by atoms with Gasteiger partial charge in [0, 0.05) is 18.6 Å². The van der Waals surface area contributed by atoms with Gasteiger partial charge in [-0.2, -0.15) is 0 Å². The molecule has 4 heavy (non-hydrogen) atoms. The number of hydrogen-bond acceptors (Lipinski definition) is 0. The predicted molar refractivity (Wildman–Crippen MR) is 1.37 cm³/mol. The molecule has 4 heteroatoms. The Kier molecular flexibility index (Phi) is 302. The van der Waals surface area contributed by atoms with E-state index in [2.05, 4.69) is 0 Å². The Bertz CT molecular complexity index is 6.00. The minimum atomic E-state index is 0. The van der Waals surface area contributed by atoms with Crippen LogP contribution >= 0.6 is 0 Å². The van der Waals surface area contributed by atoms with E-state index in [0.717, 1.165) is 0 Å². The van der Waals surface area contributed by atoms with Crippen LogP contribution in [0.2, 0.25) is 0 Å². The van der Waals surface area contributed by atoms with Crippen LogP contribution in [0, 0.1) is 0 Å². The molecule has 0 aromatic carbocycles. The van der Waals surface area contributed by atoms with Gasteiger partial charge in [0.05, 0.1) is 0 Å². The van der Waals surface area contributed by atoms with E-state index in [1.54, 1.807) is 0 Å². The van der Waals surface area contributed by atoms with Gasteiger partial charge in [-0.05, 0) is 0 Å². The van der Waals surface area contributed by atoms with Crippen LogP contribution in [0.15, 0.2) is 0 Å². The maximum atomic E-state index is 0. The maximum absolute atomic E-state index is 0. The molecule has 0 aromatic rings. The smallest absolute Gasteiger partial charge is 1.00 e. The molecule has 21 valence electrons. The summed E-state index contributed by atoms with van der Waals surface area (Å²) in [5.74, 6) is 0. The fraction of sp³-hybridized carbons (Fsp3) is 0. The van der Waals surface area contributed by atoms with Crippen LogP contribution in [0.3, 0.4) is 0 Å². The number of rotatable bonds is 0. The molecule has 0 spiro atoms. The predicted octanol–water partition coefficient (Wildman–Crippen LogP) is -3.24. The first-order valence-corrected chi connectivity index (χ1v) is 0. The molecule has 0 atom stereocenters. The molecule has 0 aliphatic heterocycles. The summed E-state index contributed by atoms with van der Waals surface area (Å²) in [6, 6.07) is 0. The Morgan fingerprint density at radius 1 is 0.750 bits per heavy atom. The van der Waals surface area contributed by atoms with Crippen LogP contribution in [0.5, 0.6) is 0 Å². The van der Waals surface area contributed by atoms with E-state index in [1.165, 1.54) is 0 Å². The third-order valence-electron chi connectivity index (χ3n) is 0. The van der Waals surface area contributed by atoms with Gasteiger partial charge < -0.3 is 11.0 Å². The summed E-state index contributed by atoms with van der Waals surface area (Å²) >= 11 is 0. The quantitative estimate of drug-likeness (QED) is 0.291. The van der Waals surface area contributed by atoms with E-state index < -0.39 is 0 Å². The van der Waals surface area contributed by atoms with E-state index >= 15 is 0 Å². The van der Waals surface area contributed by atoms with Gasteiger partial charge in [-0.3, -0.25) is 0 Å². The first kappa shape index (κ1) is 49.3. The van der Waals surface area contributed by atoms with Crippen molar-refractivity contribution in [3.05, 3.63) is 0 Å². The number of hydrogen-bond donors (Lipinski definition) is 0. The minimum Gasteiger partial charge on any atom is -2.00 e. The summed E-state index contributed by atoms with van der Waals surface area (Å²) in [6.07, 6.45) is 0. The molecule has 0 saturated carbocycles. The molecule has 0 aromatic heterocycles. The molecule has 0 N–H and O–H groups in total. The summed E-state index contributed by atoms with van der Waals surface area (Å²) in [6.45, 7) is 0. The molecule has 0 saturated heterocycles. The Labute approximate surface area is 58.8 Å². The topological polar surface area (TPSA) is 57.0 Å². The zero-order valence-electron chi connectivity index (χ0n) is 2.26. The van der Waals surface area contributed by atoms with Crippen molar-refractivity contribution < 1.29 is 59.1 Å². The fourth-order valence-electron chi connectivity index (χ4n) is 0. The van der Waals surface area contributed by atoms with Crippen molar-refractivity contribution in [1.29, 1.82) is 0 Å². The van der Waals surface area contributed by atoms with Gasteiger partial charge in [0.1, 0.15) is 0 Å². The molecule has 2 nitrogen and oxygen atoms in total. The van der Waals surface area contributed by atoms with E-state index in [9.17, 15) is 0 Å². The van der Waals surface area contributed by atoms with Crippen molar-refractivity contribution in [3.8, 4) is 0 Å². The Balaban J connectivity index is 0. The van der Waals surface area contributed by atoms with Gasteiger partial charge in [-0.15, -0.1) is 0 Å². The molecule has 0 aliphatic rings. The molecule has 0 heterocycles. The summed E-state index contributed by atoms with van der Waals surface area (Å²) in [4.78, 5) is 0. The standard InChI is InChI=1S/Na.2O.V/q+1;2*-2;. The average Bonchev–Trinajstić information content (AvgIpc) is 0. The van der Waals surface area contributed by atoms with Crippen molar-refractivity contribution in [2.75, 3.05) is 0 Å². The van der Waals surface area contributed by atoms with Gasteiger partial charge in [0.15, 0.2) is 0 Å². The van der Waals surface area contributed by atoms with Crippen LogP contribution in [-0.4, -0.2) is 0 Å². The maximum Gasteiger partial charge on any atom is 1.00 e. The van der Waals surface area contributed by atoms with Crippen LogP contribution in [0.1, 0.15) is 0 Å². The van der Waals surface area contributed by atoms with Gasteiger partial charge in [-0.1, -0.05) is 0 Å². The van der Waals surface area contributed by atoms with Crippen molar-refractivity contribution in [2.24, 2.45) is 0 Å². The third-order valence-corrected chi connectivity index (χ3v) is 0. The molecule has 0 amide bonds. The normalized spacial score (nSPS) is 0. The average molecular weight is 106 g/mol. The molecule has 0 unspecified atom stereocenters. The van der Waals surface area contributed by atoms with Crippen LogP contribution in [-0.2, 0) is 29.5 Å². The van der Waals surface area contributed by atoms with Crippen molar-refractivity contribution in [1.82, 2.24) is 0 Å². The molecular weight excluding hydrogens is 106 g/mol. The van der Waals surface area contributed by atoms with Crippen LogP contribution in [0.25, 0.3) is 0 Å². The second-order valence-corrected chi connectivity index (χ2v) is 0. The largest absolute Gasteiger partial charge is 2.00 e. The van der Waals surface area contributed by atoms with Gasteiger partial charge in [-0.25, -0.2) is 0 Å². The minimum absolute atomic E-state index is 0. The van der Waals surface area contributed by atoms with E-state index in [1.807, 2.05) is 0 Å². The summed E-state index contributed by atoms with van der Waals surface area (Å²) < 4.78 is 0. The Morgan fingerprint density at radius 2 is 0.750 bits per heavy atom. The first-order valence-electron chi connectivity index (χ1n) is 0. The Hall–Kier alpha value is 1.50. The monoisotopic (exact) mass is 106 g/mol. The zero-order chi connectivity index (χ0) is 0. The SMILES string of the molecule is [Na+].[O-2].[O-2].[V]. The van der Waals surface area contributed by atoms with Crippen molar-refractivity contribution in [3.63, 3.8) is 0 Å². The van der Waals surface area contributed by atoms with E-state index in [-0.39, 0.29) is 59.1 Å². The van der Waals surface area contributed by atoms with Gasteiger partial charge in [0.25, 0.3) is 0 Å². The molecular formula is NaO2V-3. The van der Waals surface area contributed by atoms with E-state index in [0.29, 0.717) is 0 Å².